The molecule has 1 atom stereocenters. The fourth-order valence-corrected chi connectivity index (χ4v) is 2.07. The van der Waals surface area contributed by atoms with Gasteiger partial charge in [0.1, 0.15) is 5.92 Å². The van der Waals surface area contributed by atoms with Crippen LogP contribution in [0.3, 0.4) is 0 Å². The molecule has 1 aromatic rings. The van der Waals surface area contributed by atoms with Crippen LogP contribution in [0, 0.1) is 0 Å². The predicted molar refractivity (Wildman–Crippen MR) is 76.7 cm³/mol. The summed E-state index contributed by atoms with van der Waals surface area (Å²) in [7, 11) is 0. The zero-order valence-electron chi connectivity index (χ0n) is 10.5. The van der Waals surface area contributed by atoms with E-state index in [0.717, 1.165) is 0 Å². The van der Waals surface area contributed by atoms with Gasteiger partial charge in [-0.05, 0) is 5.56 Å². The van der Waals surface area contributed by atoms with Crippen molar-refractivity contribution in [3.63, 3.8) is 0 Å². The third-order valence-corrected chi connectivity index (χ3v) is 2.95. The summed E-state index contributed by atoms with van der Waals surface area (Å²) in [5.41, 5.74) is 6.37. The average molecular weight is 282 g/mol. The Morgan fingerprint density at radius 1 is 1.21 bits per heavy atom. The van der Waals surface area contributed by atoms with Gasteiger partial charge in [0.25, 0.3) is 0 Å². The van der Waals surface area contributed by atoms with Crippen LogP contribution in [0.15, 0.2) is 30.3 Å². The van der Waals surface area contributed by atoms with Gasteiger partial charge in [-0.25, -0.2) is 0 Å². The number of carbonyl (C=O) groups excluding carboxylic acids is 1. The average Bonchev–Trinajstić information content (AvgIpc) is 2.39. The normalized spacial score (nSPS) is 11.9. The molecular weight excluding hydrogens is 264 g/mol. The Labute approximate surface area is 117 Å². The fraction of sp³-hybridized carbons (Fsp3) is 0.385. The SMILES string of the molecule is NC(=S)C(C(=O)N(CCO)CCO)c1ccccc1. The van der Waals surface area contributed by atoms with Crippen molar-refractivity contribution in [3.05, 3.63) is 35.9 Å². The zero-order chi connectivity index (χ0) is 14.3. The number of carbonyl (C=O) groups is 1. The highest BCUT2D eigenvalue weighted by Crippen LogP contribution is 2.19. The van der Waals surface area contributed by atoms with Crippen LogP contribution in [0.2, 0.25) is 0 Å². The van der Waals surface area contributed by atoms with E-state index in [1.807, 2.05) is 6.07 Å². The molecule has 4 N–H and O–H groups in total. The van der Waals surface area contributed by atoms with Crippen LogP contribution in [0.5, 0.6) is 0 Å². The molecule has 0 aliphatic heterocycles. The van der Waals surface area contributed by atoms with E-state index in [2.05, 4.69) is 0 Å². The zero-order valence-corrected chi connectivity index (χ0v) is 11.3. The number of benzene rings is 1. The number of amides is 1. The van der Waals surface area contributed by atoms with Crippen molar-refractivity contribution in [1.82, 2.24) is 4.90 Å². The van der Waals surface area contributed by atoms with E-state index in [1.54, 1.807) is 24.3 Å². The summed E-state index contributed by atoms with van der Waals surface area (Å²) >= 11 is 4.97. The molecule has 0 aliphatic rings. The van der Waals surface area contributed by atoms with Crippen LogP contribution in [0.1, 0.15) is 11.5 Å². The van der Waals surface area contributed by atoms with Gasteiger partial charge in [-0.15, -0.1) is 0 Å². The largest absolute Gasteiger partial charge is 0.395 e. The number of nitrogens with zero attached hydrogens (tertiary/aromatic N) is 1. The Balaban J connectivity index is 2.98. The molecule has 0 radical (unpaired) electrons. The highest BCUT2D eigenvalue weighted by Gasteiger charge is 2.27. The number of hydrogen-bond donors (Lipinski definition) is 3. The van der Waals surface area contributed by atoms with Gasteiger partial charge < -0.3 is 20.8 Å². The van der Waals surface area contributed by atoms with Crippen LogP contribution in [0.25, 0.3) is 0 Å². The minimum Gasteiger partial charge on any atom is -0.395 e. The minimum atomic E-state index is -0.728. The maximum Gasteiger partial charge on any atom is 0.237 e. The molecule has 104 valence electrons. The molecule has 0 fully saturated rings. The van der Waals surface area contributed by atoms with E-state index >= 15 is 0 Å². The Bertz CT molecular complexity index is 419. The second kappa shape index (κ2) is 7.83. The highest BCUT2D eigenvalue weighted by atomic mass is 32.1. The highest BCUT2D eigenvalue weighted by molar-refractivity contribution is 7.80. The first-order valence-corrected chi connectivity index (χ1v) is 6.37. The van der Waals surface area contributed by atoms with Gasteiger partial charge in [0, 0.05) is 13.1 Å². The Hall–Kier alpha value is -1.50. The maximum absolute atomic E-state index is 12.4. The van der Waals surface area contributed by atoms with Crippen molar-refractivity contribution < 1.29 is 15.0 Å². The molecule has 5 nitrogen and oxygen atoms in total. The van der Waals surface area contributed by atoms with Gasteiger partial charge in [-0.3, -0.25) is 4.79 Å². The third kappa shape index (κ3) is 4.27. The summed E-state index contributed by atoms with van der Waals surface area (Å²) in [4.78, 5) is 13.8. The minimum absolute atomic E-state index is 0.0806. The second-order valence-corrected chi connectivity index (χ2v) is 4.49. The standard InChI is InChI=1S/C13H18N2O3S/c14-12(19)11(10-4-2-1-3-5-10)13(18)15(6-8-16)7-9-17/h1-5,11,16-17H,6-9H2,(H2,14,19). The molecule has 6 heteroatoms. The first-order valence-electron chi connectivity index (χ1n) is 5.96. The molecule has 1 amide bonds. The van der Waals surface area contributed by atoms with Gasteiger partial charge in [-0.2, -0.15) is 0 Å². The fourth-order valence-electron chi connectivity index (χ4n) is 1.83. The molecule has 0 bridgehead atoms. The molecule has 0 aliphatic carbocycles. The first kappa shape index (κ1) is 15.6. The van der Waals surface area contributed by atoms with Gasteiger partial charge in [0.05, 0.1) is 18.2 Å². The molecular formula is C13H18N2O3S. The number of aliphatic hydroxyl groups is 2. The van der Waals surface area contributed by atoms with Crippen molar-refractivity contribution in [1.29, 1.82) is 0 Å². The molecule has 0 saturated heterocycles. The van der Waals surface area contributed by atoms with Crippen molar-refractivity contribution in [2.75, 3.05) is 26.3 Å². The summed E-state index contributed by atoms with van der Waals surface area (Å²) in [6.07, 6.45) is 0. The van der Waals surface area contributed by atoms with Crippen LogP contribution >= 0.6 is 12.2 Å². The molecule has 0 saturated carbocycles. The Morgan fingerprint density at radius 2 is 1.74 bits per heavy atom. The summed E-state index contributed by atoms with van der Waals surface area (Å²) in [5.74, 6) is -1.03. The second-order valence-electron chi connectivity index (χ2n) is 4.02. The monoisotopic (exact) mass is 282 g/mol. The van der Waals surface area contributed by atoms with E-state index in [1.165, 1.54) is 4.90 Å². The summed E-state index contributed by atoms with van der Waals surface area (Å²) in [6.45, 7) is -0.0636. The van der Waals surface area contributed by atoms with Crippen molar-refractivity contribution in [2.45, 2.75) is 5.92 Å². The number of aliphatic hydroxyl groups excluding tert-OH is 2. The summed E-state index contributed by atoms with van der Waals surface area (Å²) in [5, 5.41) is 17.9. The van der Waals surface area contributed by atoms with E-state index in [9.17, 15) is 4.79 Å². The molecule has 0 aromatic heterocycles. The van der Waals surface area contributed by atoms with Crippen LogP contribution in [-0.4, -0.2) is 52.3 Å². The molecule has 0 spiro atoms. The summed E-state index contributed by atoms with van der Waals surface area (Å²) in [6, 6.07) is 8.99. The van der Waals surface area contributed by atoms with E-state index in [0.29, 0.717) is 5.56 Å². The van der Waals surface area contributed by atoms with E-state index in [4.69, 9.17) is 28.2 Å². The lowest BCUT2D eigenvalue weighted by molar-refractivity contribution is -0.132. The smallest absolute Gasteiger partial charge is 0.237 e. The molecule has 19 heavy (non-hydrogen) atoms. The van der Waals surface area contributed by atoms with Gasteiger partial charge >= 0.3 is 0 Å². The third-order valence-electron chi connectivity index (χ3n) is 2.72. The number of rotatable bonds is 7. The molecule has 0 heterocycles. The van der Waals surface area contributed by atoms with Gasteiger partial charge in [0.2, 0.25) is 5.91 Å². The molecule has 1 rings (SSSR count). The van der Waals surface area contributed by atoms with Crippen molar-refractivity contribution >= 4 is 23.1 Å². The van der Waals surface area contributed by atoms with Gasteiger partial charge in [0.15, 0.2) is 0 Å². The maximum atomic E-state index is 12.4. The topological polar surface area (TPSA) is 86.8 Å². The molecule has 1 aromatic carbocycles. The van der Waals surface area contributed by atoms with Crippen LogP contribution < -0.4 is 5.73 Å². The number of nitrogens with two attached hydrogens (primary N) is 1. The lowest BCUT2D eigenvalue weighted by atomic mass is 9.97. The lowest BCUT2D eigenvalue weighted by Crippen LogP contribution is -2.42. The van der Waals surface area contributed by atoms with Crippen LogP contribution in [-0.2, 0) is 4.79 Å². The van der Waals surface area contributed by atoms with Crippen molar-refractivity contribution in [3.8, 4) is 0 Å². The first-order chi connectivity index (χ1) is 9.11. The van der Waals surface area contributed by atoms with Gasteiger partial charge in [-0.1, -0.05) is 42.5 Å². The van der Waals surface area contributed by atoms with Crippen molar-refractivity contribution in [2.24, 2.45) is 5.73 Å². The number of hydrogen-bond acceptors (Lipinski definition) is 4. The number of thiocarbonyl (C=S) groups is 1. The van der Waals surface area contributed by atoms with Crippen LogP contribution in [0.4, 0.5) is 0 Å². The quantitative estimate of drug-likeness (QED) is 0.606. The van der Waals surface area contributed by atoms with E-state index in [-0.39, 0.29) is 37.2 Å². The Morgan fingerprint density at radius 3 is 2.16 bits per heavy atom. The molecule has 1 unspecified atom stereocenters. The predicted octanol–water partition coefficient (Wildman–Crippen LogP) is -0.130. The lowest BCUT2D eigenvalue weighted by Gasteiger charge is -2.26. The Kier molecular flexibility index (Phi) is 6.41. The van der Waals surface area contributed by atoms with E-state index < -0.39 is 5.92 Å². The summed E-state index contributed by atoms with van der Waals surface area (Å²) < 4.78 is 0.